The predicted molar refractivity (Wildman–Crippen MR) is 112 cm³/mol. The van der Waals surface area contributed by atoms with Crippen molar-refractivity contribution in [2.24, 2.45) is 5.10 Å². The molecule has 3 N–H and O–H groups in total. The third-order valence-corrected chi connectivity index (χ3v) is 4.19. The number of hydrazone groups is 1. The molecular weight excluding hydrogens is 386 g/mol. The molecule has 2 amide bonds. The molecule has 1 heterocycles. The number of carboxylic acids is 1. The quantitative estimate of drug-likeness (QED) is 0.427. The van der Waals surface area contributed by atoms with Gasteiger partial charge >= 0.3 is 5.97 Å². The van der Waals surface area contributed by atoms with Crippen LogP contribution in [-0.2, 0) is 4.79 Å². The van der Waals surface area contributed by atoms with Crippen LogP contribution in [0.1, 0.15) is 39.0 Å². The zero-order chi connectivity index (χ0) is 21.7. The fourth-order valence-corrected chi connectivity index (χ4v) is 2.77. The Hall–Kier alpha value is -4.20. The minimum absolute atomic E-state index is 0.192. The summed E-state index contributed by atoms with van der Waals surface area (Å²) < 4.78 is 5.70. The van der Waals surface area contributed by atoms with Crippen molar-refractivity contribution in [3.05, 3.63) is 77.0 Å². The molecule has 0 spiro atoms. The third kappa shape index (κ3) is 4.99. The number of furan rings is 1. The lowest BCUT2D eigenvalue weighted by molar-refractivity contribution is -0.114. The summed E-state index contributed by atoms with van der Waals surface area (Å²) in [4.78, 5) is 34.2. The van der Waals surface area contributed by atoms with E-state index in [4.69, 9.17) is 9.52 Å². The van der Waals surface area contributed by atoms with Gasteiger partial charge in [0.15, 0.2) is 0 Å². The molecule has 0 atom stereocenters. The van der Waals surface area contributed by atoms with Crippen LogP contribution < -0.4 is 10.7 Å². The second-order valence-electron chi connectivity index (χ2n) is 6.49. The molecule has 3 rings (SSSR count). The number of amides is 2. The number of aryl methyl sites for hydroxylation is 1. The number of rotatable bonds is 6. The lowest BCUT2D eigenvalue weighted by Crippen LogP contribution is -2.17. The molecule has 0 saturated heterocycles. The smallest absolute Gasteiger partial charge is 0.335 e. The Morgan fingerprint density at radius 2 is 1.70 bits per heavy atom. The predicted octanol–water partition coefficient (Wildman–Crippen LogP) is 3.68. The van der Waals surface area contributed by atoms with E-state index in [9.17, 15) is 14.4 Å². The average Bonchev–Trinajstić information content (AvgIpc) is 3.16. The van der Waals surface area contributed by atoms with E-state index in [1.807, 2.05) is 0 Å². The Balaban J connectivity index is 1.64. The van der Waals surface area contributed by atoms with Crippen molar-refractivity contribution in [2.75, 3.05) is 5.32 Å². The van der Waals surface area contributed by atoms with Gasteiger partial charge in [0, 0.05) is 23.7 Å². The zero-order valence-corrected chi connectivity index (χ0v) is 16.3. The Bertz CT molecular complexity index is 1130. The van der Waals surface area contributed by atoms with Crippen LogP contribution in [0.25, 0.3) is 11.3 Å². The molecule has 0 radical (unpaired) electrons. The van der Waals surface area contributed by atoms with Gasteiger partial charge in [0.05, 0.1) is 11.8 Å². The van der Waals surface area contributed by atoms with Gasteiger partial charge in [-0.15, -0.1) is 0 Å². The summed E-state index contributed by atoms with van der Waals surface area (Å²) >= 11 is 0. The van der Waals surface area contributed by atoms with E-state index in [2.05, 4.69) is 15.8 Å². The molecule has 0 bridgehead atoms. The molecule has 0 saturated carbocycles. The average molecular weight is 405 g/mol. The number of carbonyl (C=O) groups excluding carboxylic acids is 2. The largest absolute Gasteiger partial charge is 0.478 e. The van der Waals surface area contributed by atoms with E-state index in [0.29, 0.717) is 22.8 Å². The fraction of sp³-hybridized carbons (Fsp3) is 0.0909. The summed E-state index contributed by atoms with van der Waals surface area (Å²) in [7, 11) is 0. The molecule has 8 nitrogen and oxygen atoms in total. The van der Waals surface area contributed by atoms with E-state index in [0.717, 1.165) is 11.1 Å². The molecule has 3 aromatic rings. The van der Waals surface area contributed by atoms with Crippen LogP contribution >= 0.6 is 0 Å². The first-order valence-corrected chi connectivity index (χ1v) is 8.98. The first kappa shape index (κ1) is 20.5. The summed E-state index contributed by atoms with van der Waals surface area (Å²) in [6, 6.07) is 14.6. The van der Waals surface area contributed by atoms with Gasteiger partial charge in [0.1, 0.15) is 11.5 Å². The van der Waals surface area contributed by atoms with Gasteiger partial charge < -0.3 is 14.8 Å². The monoisotopic (exact) mass is 405 g/mol. The van der Waals surface area contributed by atoms with Crippen LogP contribution in [0, 0.1) is 6.92 Å². The molecule has 0 aliphatic rings. The standard InChI is InChI=1S/C22H19N3O5/c1-13-11-16(22(28)29)5-9-19(13)20-10-8-18(30-20)12-23-25-21(27)15-3-6-17(7-4-15)24-14(2)26/h3-12H,1-2H3,(H,24,26)(H,25,27)(H,28,29). The number of hydrogen-bond donors (Lipinski definition) is 3. The number of aromatic carboxylic acids is 1. The molecule has 30 heavy (non-hydrogen) atoms. The molecule has 8 heteroatoms. The zero-order valence-electron chi connectivity index (χ0n) is 16.3. The number of hydrogen-bond acceptors (Lipinski definition) is 5. The van der Waals surface area contributed by atoms with Gasteiger partial charge in [-0.1, -0.05) is 6.07 Å². The fourth-order valence-electron chi connectivity index (χ4n) is 2.77. The summed E-state index contributed by atoms with van der Waals surface area (Å²) in [5.41, 5.74) is 5.13. The molecule has 2 aromatic carbocycles. The van der Waals surface area contributed by atoms with Crippen molar-refractivity contribution in [3.8, 4) is 11.3 Å². The topological polar surface area (TPSA) is 121 Å². The van der Waals surface area contributed by atoms with E-state index >= 15 is 0 Å². The van der Waals surface area contributed by atoms with Crippen molar-refractivity contribution >= 4 is 29.7 Å². The van der Waals surface area contributed by atoms with E-state index in [1.54, 1.807) is 55.5 Å². The molecule has 152 valence electrons. The van der Waals surface area contributed by atoms with Crippen LogP contribution in [0.2, 0.25) is 0 Å². The van der Waals surface area contributed by atoms with Crippen LogP contribution in [0.3, 0.4) is 0 Å². The van der Waals surface area contributed by atoms with Crippen molar-refractivity contribution in [3.63, 3.8) is 0 Å². The maximum Gasteiger partial charge on any atom is 0.335 e. The molecule has 0 fully saturated rings. The van der Waals surface area contributed by atoms with Gasteiger partial charge in [-0.25, -0.2) is 10.2 Å². The lowest BCUT2D eigenvalue weighted by Gasteiger charge is -2.04. The van der Waals surface area contributed by atoms with E-state index in [1.165, 1.54) is 19.2 Å². The molecular formula is C22H19N3O5. The Morgan fingerprint density at radius 1 is 1.00 bits per heavy atom. The Labute approximate surface area is 172 Å². The second kappa shape index (κ2) is 8.87. The van der Waals surface area contributed by atoms with E-state index < -0.39 is 11.9 Å². The number of nitrogens with one attached hydrogen (secondary N) is 2. The number of nitrogens with zero attached hydrogens (tertiary/aromatic N) is 1. The maximum absolute atomic E-state index is 12.1. The van der Waals surface area contributed by atoms with Crippen molar-refractivity contribution in [1.29, 1.82) is 0 Å². The Morgan fingerprint density at radius 3 is 2.33 bits per heavy atom. The number of benzene rings is 2. The second-order valence-corrected chi connectivity index (χ2v) is 6.49. The van der Waals surface area contributed by atoms with Crippen molar-refractivity contribution < 1.29 is 23.9 Å². The summed E-state index contributed by atoms with van der Waals surface area (Å²) in [6.45, 7) is 3.21. The minimum atomic E-state index is -0.989. The van der Waals surface area contributed by atoms with Gasteiger partial charge in [-0.3, -0.25) is 9.59 Å². The van der Waals surface area contributed by atoms with Gasteiger partial charge in [-0.2, -0.15) is 5.10 Å². The SMILES string of the molecule is CC(=O)Nc1ccc(C(=O)NN=Cc2ccc(-c3ccc(C(=O)O)cc3C)o2)cc1. The van der Waals surface area contributed by atoms with Crippen LogP contribution in [0.15, 0.2) is 64.1 Å². The number of carboxylic acid groups (broad SMARTS) is 1. The minimum Gasteiger partial charge on any atom is -0.478 e. The number of carbonyl (C=O) groups is 3. The summed E-state index contributed by atoms with van der Waals surface area (Å²) in [5, 5.41) is 15.6. The van der Waals surface area contributed by atoms with Crippen molar-refractivity contribution in [2.45, 2.75) is 13.8 Å². The van der Waals surface area contributed by atoms with Gasteiger partial charge in [0.25, 0.3) is 5.91 Å². The lowest BCUT2D eigenvalue weighted by atomic mass is 10.0. The van der Waals surface area contributed by atoms with E-state index in [-0.39, 0.29) is 11.5 Å². The highest BCUT2D eigenvalue weighted by molar-refractivity contribution is 5.96. The highest BCUT2D eigenvalue weighted by Crippen LogP contribution is 2.26. The Kier molecular flexibility index (Phi) is 6.07. The maximum atomic E-state index is 12.1. The summed E-state index contributed by atoms with van der Waals surface area (Å²) in [5.74, 6) is -0.605. The highest BCUT2D eigenvalue weighted by Gasteiger charge is 2.10. The van der Waals surface area contributed by atoms with Crippen molar-refractivity contribution in [1.82, 2.24) is 5.43 Å². The van der Waals surface area contributed by atoms with Crippen LogP contribution in [-0.4, -0.2) is 29.1 Å². The molecule has 0 aliphatic heterocycles. The number of anilines is 1. The third-order valence-electron chi connectivity index (χ3n) is 4.19. The normalized spacial score (nSPS) is 10.7. The molecule has 1 aromatic heterocycles. The van der Waals surface area contributed by atoms with Gasteiger partial charge in [0.2, 0.25) is 5.91 Å². The first-order valence-electron chi connectivity index (χ1n) is 8.98. The van der Waals surface area contributed by atoms with Crippen LogP contribution in [0.5, 0.6) is 0 Å². The highest BCUT2D eigenvalue weighted by atomic mass is 16.4. The molecule has 0 unspecified atom stereocenters. The van der Waals surface area contributed by atoms with Crippen LogP contribution in [0.4, 0.5) is 5.69 Å². The summed E-state index contributed by atoms with van der Waals surface area (Å²) in [6.07, 6.45) is 1.37. The van der Waals surface area contributed by atoms with Gasteiger partial charge in [-0.05, 0) is 61.0 Å². The first-order chi connectivity index (χ1) is 14.3. The molecule has 0 aliphatic carbocycles.